The van der Waals surface area contributed by atoms with E-state index in [2.05, 4.69) is 0 Å². The predicted octanol–water partition coefficient (Wildman–Crippen LogP) is 1.43. The van der Waals surface area contributed by atoms with Crippen molar-refractivity contribution in [1.29, 1.82) is 0 Å². The summed E-state index contributed by atoms with van der Waals surface area (Å²) in [5.41, 5.74) is 0. The van der Waals surface area contributed by atoms with E-state index in [4.69, 9.17) is 34.8 Å². The highest BCUT2D eigenvalue weighted by molar-refractivity contribution is 6.75. The summed E-state index contributed by atoms with van der Waals surface area (Å²) in [5.74, 6) is -1.42. The van der Waals surface area contributed by atoms with Crippen LogP contribution in [0.4, 0.5) is 0 Å². The maximum Gasteiger partial charge on any atom is 0.242 e. The van der Waals surface area contributed by atoms with Crippen molar-refractivity contribution in [1.82, 2.24) is 0 Å². The second-order valence-electron chi connectivity index (χ2n) is 1.76. The Labute approximate surface area is 71.7 Å². The Hall–Kier alpha value is -0.0500. The van der Waals surface area contributed by atoms with Crippen LogP contribution in [-0.4, -0.2) is 15.9 Å². The molecule has 0 fully saturated rings. The first-order chi connectivity index (χ1) is 4.46. The van der Waals surface area contributed by atoms with Gasteiger partial charge in [-0.3, -0.25) is 9.59 Å². The van der Waals surface area contributed by atoms with E-state index in [9.17, 15) is 9.59 Å². The number of carbonyl (C=O) groups excluding carboxylic acids is 2. The zero-order chi connectivity index (χ0) is 7.94. The molecule has 1 rings (SSSR count). The Balaban J connectivity index is 3.10. The van der Waals surface area contributed by atoms with Gasteiger partial charge in [0.15, 0.2) is 0 Å². The Bertz CT molecular complexity index is 241. The summed E-state index contributed by atoms with van der Waals surface area (Å²) in [7, 11) is 0. The molecule has 0 aliphatic heterocycles. The molecular formula is C5HCl3O2. The minimum atomic E-state index is -1.98. The number of rotatable bonds is 0. The van der Waals surface area contributed by atoms with Gasteiger partial charge in [0.2, 0.25) is 15.9 Å². The summed E-state index contributed by atoms with van der Waals surface area (Å²) in [4.78, 5) is 21.4. The molecule has 0 saturated carbocycles. The molecule has 0 aromatic heterocycles. The molecule has 2 nitrogen and oxygen atoms in total. The average molecular weight is 199 g/mol. The highest BCUT2D eigenvalue weighted by Crippen LogP contribution is 2.34. The molecule has 0 N–H and O–H groups in total. The zero-order valence-electron chi connectivity index (χ0n) is 4.53. The van der Waals surface area contributed by atoms with Crippen molar-refractivity contribution in [3.63, 3.8) is 0 Å². The van der Waals surface area contributed by atoms with Crippen LogP contribution in [0.1, 0.15) is 0 Å². The van der Waals surface area contributed by atoms with Gasteiger partial charge in [-0.2, -0.15) is 0 Å². The molecule has 0 saturated heterocycles. The molecule has 0 aromatic rings. The first kappa shape index (κ1) is 8.05. The SMILES string of the molecule is O=C1C=C(Cl)C(=O)C1(Cl)Cl. The van der Waals surface area contributed by atoms with E-state index in [0.29, 0.717) is 0 Å². The summed E-state index contributed by atoms with van der Waals surface area (Å²) in [6.07, 6.45) is 0.921. The quantitative estimate of drug-likeness (QED) is 0.437. The molecular weight excluding hydrogens is 198 g/mol. The first-order valence-electron chi connectivity index (χ1n) is 2.30. The van der Waals surface area contributed by atoms with Crippen LogP contribution < -0.4 is 0 Å². The number of ketones is 2. The molecule has 0 heterocycles. The van der Waals surface area contributed by atoms with E-state index in [1.165, 1.54) is 0 Å². The summed E-state index contributed by atoms with van der Waals surface area (Å²) in [6.45, 7) is 0. The zero-order valence-corrected chi connectivity index (χ0v) is 6.80. The fourth-order valence-corrected chi connectivity index (χ4v) is 1.18. The lowest BCUT2D eigenvalue weighted by molar-refractivity contribution is -0.121. The number of hydrogen-bond donors (Lipinski definition) is 0. The van der Waals surface area contributed by atoms with Gasteiger partial charge < -0.3 is 0 Å². The Morgan fingerprint density at radius 2 is 1.80 bits per heavy atom. The van der Waals surface area contributed by atoms with E-state index in [1.54, 1.807) is 0 Å². The molecule has 0 bridgehead atoms. The third-order valence-electron chi connectivity index (χ3n) is 1.07. The van der Waals surface area contributed by atoms with Crippen LogP contribution >= 0.6 is 34.8 Å². The maximum atomic E-state index is 10.8. The number of hydrogen-bond acceptors (Lipinski definition) is 2. The fourth-order valence-electron chi connectivity index (χ4n) is 0.533. The highest BCUT2D eigenvalue weighted by atomic mass is 35.5. The van der Waals surface area contributed by atoms with Gasteiger partial charge in [-0.05, 0) is 0 Å². The average Bonchev–Trinajstić information content (AvgIpc) is 1.97. The van der Waals surface area contributed by atoms with Crippen LogP contribution in [0.5, 0.6) is 0 Å². The third-order valence-corrected chi connectivity index (χ3v) is 2.07. The van der Waals surface area contributed by atoms with Gasteiger partial charge >= 0.3 is 0 Å². The van der Waals surface area contributed by atoms with Crippen LogP contribution in [0.2, 0.25) is 0 Å². The molecule has 5 heteroatoms. The Kier molecular flexibility index (Phi) is 1.79. The van der Waals surface area contributed by atoms with Crippen molar-refractivity contribution in [3.8, 4) is 0 Å². The standard InChI is InChI=1S/C5HCl3O2/c6-2-1-3(9)5(7,8)4(2)10/h1H. The lowest BCUT2D eigenvalue weighted by Crippen LogP contribution is -2.28. The topological polar surface area (TPSA) is 34.1 Å². The van der Waals surface area contributed by atoms with Crippen LogP contribution in [0.15, 0.2) is 11.1 Å². The number of allylic oxidation sites excluding steroid dienone is 2. The van der Waals surface area contributed by atoms with Crippen molar-refractivity contribution in [2.45, 2.75) is 4.33 Å². The van der Waals surface area contributed by atoms with Crippen molar-refractivity contribution in [2.24, 2.45) is 0 Å². The monoisotopic (exact) mass is 198 g/mol. The first-order valence-corrected chi connectivity index (χ1v) is 3.44. The largest absolute Gasteiger partial charge is 0.291 e. The molecule has 1 aliphatic rings. The molecule has 10 heavy (non-hydrogen) atoms. The predicted molar refractivity (Wildman–Crippen MR) is 38.4 cm³/mol. The van der Waals surface area contributed by atoms with Crippen LogP contribution in [-0.2, 0) is 9.59 Å². The summed E-state index contributed by atoms with van der Waals surface area (Å²) < 4.78 is -1.98. The minimum absolute atomic E-state index is 0.213. The van der Waals surface area contributed by atoms with Gasteiger partial charge in [0.1, 0.15) is 0 Å². The molecule has 54 valence electrons. The Morgan fingerprint density at radius 1 is 1.30 bits per heavy atom. The Morgan fingerprint density at radius 3 is 1.90 bits per heavy atom. The van der Waals surface area contributed by atoms with E-state index < -0.39 is 15.9 Å². The highest BCUT2D eigenvalue weighted by Gasteiger charge is 2.47. The second kappa shape index (κ2) is 2.22. The van der Waals surface area contributed by atoms with Gasteiger partial charge in [0.05, 0.1) is 5.03 Å². The van der Waals surface area contributed by atoms with Crippen molar-refractivity contribution in [2.75, 3.05) is 0 Å². The summed E-state index contributed by atoms with van der Waals surface area (Å²) in [5, 5.41) is -0.213. The number of carbonyl (C=O) groups is 2. The fraction of sp³-hybridized carbons (Fsp3) is 0.200. The van der Waals surface area contributed by atoms with Gasteiger partial charge in [-0.15, -0.1) is 0 Å². The van der Waals surface area contributed by atoms with Crippen LogP contribution in [0, 0.1) is 0 Å². The lowest BCUT2D eigenvalue weighted by atomic mass is 10.3. The van der Waals surface area contributed by atoms with Crippen LogP contribution in [0.25, 0.3) is 0 Å². The van der Waals surface area contributed by atoms with Gasteiger partial charge in [-0.1, -0.05) is 34.8 Å². The molecule has 0 radical (unpaired) electrons. The molecule has 0 atom stereocenters. The van der Waals surface area contributed by atoms with Crippen molar-refractivity contribution >= 4 is 46.4 Å². The van der Waals surface area contributed by atoms with Gasteiger partial charge in [0.25, 0.3) is 0 Å². The molecule has 0 unspecified atom stereocenters. The second-order valence-corrected chi connectivity index (χ2v) is 3.49. The van der Waals surface area contributed by atoms with Crippen molar-refractivity contribution in [3.05, 3.63) is 11.1 Å². The summed E-state index contributed by atoms with van der Waals surface area (Å²) in [6, 6.07) is 0. The molecule has 1 aliphatic carbocycles. The van der Waals surface area contributed by atoms with E-state index in [-0.39, 0.29) is 5.03 Å². The minimum Gasteiger partial charge on any atom is -0.291 e. The van der Waals surface area contributed by atoms with Gasteiger partial charge in [-0.25, -0.2) is 0 Å². The van der Waals surface area contributed by atoms with Crippen LogP contribution in [0.3, 0.4) is 0 Å². The number of Topliss-reactive ketones (excluding diaryl/α,β-unsaturated/α-hetero) is 1. The van der Waals surface area contributed by atoms with E-state index in [1.807, 2.05) is 0 Å². The van der Waals surface area contributed by atoms with E-state index >= 15 is 0 Å². The lowest BCUT2D eigenvalue weighted by Gasteiger charge is -2.05. The third kappa shape index (κ3) is 0.965. The summed E-state index contributed by atoms with van der Waals surface area (Å²) >= 11 is 15.9. The van der Waals surface area contributed by atoms with Crippen molar-refractivity contribution < 1.29 is 9.59 Å². The molecule has 0 spiro atoms. The molecule has 0 amide bonds. The maximum absolute atomic E-state index is 10.8. The molecule has 0 aromatic carbocycles. The normalized spacial score (nSPS) is 23.3. The number of halogens is 3. The number of alkyl halides is 2. The van der Waals surface area contributed by atoms with E-state index in [0.717, 1.165) is 6.08 Å². The van der Waals surface area contributed by atoms with Gasteiger partial charge in [0, 0.05) is 6.08 Å². The smallest absolute Gasteiger partial charge is 0.242 e.